The standard InChI is InChI=1S/C30H40N8OS/c1-5-38-27-22(18-25(29(38)39)28-33-26(20-40(28)4)21-10-12-35(2)13-11-21)19-31-30(34-27)32-23-6-8-24(9-7-23)37-16-14-36(3)15-17-37/h6-9,18-19,21H,5,10-17,20H2,1-4H3,(H,31,32,34). The van der Waals surface area contributed by atoms with E-state index in [2.05, 4.69) is 69.6 Å². The summed E-state index contributed by atoms with van der Waals surface area (Å²) in [4.78, 5) is 36.3. The molecule has 3 aliphatic rings. The van der Waals surface area contributed by atoms with Crippen molar-refractivity contribution in [3.05, 3.63) is 52.4 Å². The van der Waals surface area contributed by atoms with Crippen LogP contribution in [0, 0.1) is 5.92 Å². The van der Waals surface area contributed by atoms with Crippen LogP contribution in [0.2, 0.25) is 0 Å². The van der Waals surface area contributed by atoms with Crippen LogP contribution in [0.1, 0.15) is 25.3 Å². The number of anilines is 3. The van der Waals surface area contributed by atoms with Gasteiger partial charge < -0.3 is 20.0 Å². The molecule has 1 unspecified atom stereocenters. The second-order valence-corrected chi connectivity index (χ2v) is 13.3. The Balaban J connectivity index is 1.24. The van der Waals surface area contributed by atoms with E-state index in [1.54, 1.807) is 4.57 Å². The van der Waals surface area contributed by atoms with Gasteiger partial charge in [0.05, 0.1) is 10.6 Å². The Morgan fingerprint density at radius 1 is 1.00 bits per heavy atom. The fourth-order valence-corrected chi connectivity index (χ4v) is 7.62. The molecule has 0 aliphatic carbocycles. The minimum absolute atomic E-state index is 0.0149. The highest BCUT2D eigenvalue weighted by molar-refractivity contribution is 8.16. The van der Waals surface area contributed by atoms with Crippen molar-refractivity contribution in [2.75, 3.05) is 75.6 Å². The summed E-state index contributed by atoms with van der Waals surface area (Å²) in [6.45, 7) is 9.00. The van der Waals surface area contributed by atoms with Crippen LogP contribution in [0.15, 0.2) is 46.3 Å². The third-order valence-corrected chi connectivity index (χ3v) is 10.2. The summed E-state index contributed by atoms with van der Waals surface area (Å²) in [5.41, 5.74) is 4.77. The fraction of sp³-hybridized carbons (Fsp3) is 0.500. The Hall–Kier alpha value is -3.08. The van der Waals surface area contributed by atoms with Crippen LogP contribution in [-0.4, -0.2) is 100 Å². The molecule has 2 saturated heterocycles. The van der Waals surface area contributed by atoms with Gasteiger partial charge in [-0.3, -0.25) is 9.36 Å². The predicted octanol–water partition coefficient (Wildman–Crippen LogP) is 3.48. The van der Waals surface area contributed by atoms with Gasteiger partial charge in [-0.1, -0.05) is 0 Å². The van der Waals surface area contributed by atoms with Gasteiger partial charge in [0.15, 0.2) is 0 Å². The number of aromatic nitrogens is 3. The van der Waals surface area contributed by atoms with Crippen molar-refractivity contribution in [2.24, 2.45) is 10.9 Å². The van der Waals surface area contributed by atoms with Crippen LogP contribution in [0.25, 0.3) is 11.0 Å². The molecular formula is C30H40N8OS. The number of piperazine rings is 1. The molecule has 1 aromatic carbocycles. The first kappa shape index (κ1) is 27.1. The number of piperidine rings is 1. The van der Waals surface area contributed by atoms with Gasteiger partial charge in [-0.05, 0) is 83.5 Å². The number of nitrogens with one attached hydrogen (secondary N) is 1. The normalized spacial score (nSPS) is 21.3. The number of benzene rings is 1. The van der Waals surface area contributed by atoms with E-state index in [0.29, 0.717) is 29.6 Å². The van der Waals surface area contributed by atoms with E-state index in [-0.39, 0.29) is 16.0 Å². The number of likely N-dealkylation sites (tertiary alicyclic amines) is 1. The molecule has 9 nitrogen and oxygen atoms in total. The average Bonchev–Trinajstić information content (AvgIpc) is 3.35. The number of aliphatic imine (C=N–C) groups is 1. The largest absolute Gasteiger partial charge is 0.369 e. The van der Waals surface area contributed by atoms with E-state index in [0.717, 1.165) is 73.9 Å². The zero-order valence-electron chi connectivity index (χ0n) is 24.1. The molecule has 1 atom stereocenters. The van der Waals surface area contributed by atoms with Crippen molar-refractivity contribution < 1.29 is 0 Å². The highest BCUT2D eigenvalue weighted by Crippen LogP contribution is 2.30. The van der Waals surface area contributed by atoms with E-state index in [1.165, 1.54) is 11.4 Å². The molecule has 40 heavy (non-hydrogen) atoms. The van der Waals surface area contributed by atoms with Gasteiger partial charge in [0.2, 0.25) is 5.95 Å². The molecule has 2 fully saturated rings. The Morgan fingerprint density at radius 2 is 1.70 bits per heavy atom. The number of hydrogen-bond acceptors (Lipinski definition) is 8. The van der Waals surface area contributed by atoms with Crippen LogP contribution in [-0.2, 0) is 6.54 Å². The molecule has 3 aromatic rings. The third kappa shape index (κ3) is 5.44. The van der Waals surface area contributed by atoms with Crippen LogP contribution in [0.5, 0.6) is 0 Å². The average molecular weight is 561 g/mol. The van der Waals surface area contributed by atoms with Crippen LogP contribution in [0.3, 0.4) is 0 Å². The van der Waals surface area contributed by atoms with Crippen molar-refractivity contribution in [1.29, 1.82) is 0 Å². The lowest BCUT2D eigenvalue weighted by Gasteiger charge is -2.34. The van der Waals surface area contributed by atoms with Gasteiger partial charge in [-0.25, -0.2) is 9.98 Å². The maximum Gasteiger partial charge on any atom is 0.262 e. The fourth-order valence-electron chi connectivity index (χ4n) is 5.94. The van der Waals surface area contributed by atoms with Crippen molar-refractivity contribution in [2.45, 2.75) is 26.3 Å². The topological polar surface area (TPSA) is 81.9 Å². The summed E-state index contributed by atoms with van der Waals surface area (Å²) < 4.78 is 1.77. The Bertz CT molecular complexity index is 1510. The number of aryl methyl sites for hydroxylation is 1. The molecule has 6 rings (SSSR count). The molecular weight excluding hydrogens is 520 g/mol. The smallest absolute Gasteiger partial charge is 0.262 e. The molecule has 0 bridgehead atoms. The lowest BCUT2D eigenvalue weighted by atomic mass is 9.93. The summed E-state index contributed by atoms with van der Waals surface area (Å²) in [6, 6.07) is 10.4. The first-order valence-corrected chi connectivity index (χ1v) is 16.2. The molecule has 1 N–H and O–H groups in total. The second-order valence-electron chi connectivity index (χ2n) is 11.3. The van der Waals surface area contributed by atoms with Crippen molar-refractivity contribution in [3.63, 3.8) is 0 Å². The maximum absolute atomic E-state index is 13.7. The van der Waals surface area contributed by atoms with Crippen LogP contribution >= 0.6 is 10.5 Å². The Morgan fingerprint density at radius 3 is 2.40 bits per heavy atom. The van der Waals surface area contributed by atoms with Crippen LogP contribution < -0.4 is 15.8 Å². The van der Waals surface area contributed by atoms with Crippen LogP contribution in [0.4, 0.5) is 17.3 Å². The van der Waals surface area contributed by atoms with Crippen molar-refractivity contribution >= 4 is 49.5 Å². The lowest BCUT2D eigenvalue weighted by molar-refractivity contribution is 0.252. The monoisotopic (exact) mass is 560 g/mol. The van der Waals surface area contributed by atoms with Gasteiger partial charge in [0, 0.05) is 73.1 Å². The first-order valence-electron chi connectivity index (χ1n) is 14.4. The molecule has 5 heterocycles. The zero-order valence-corrected chi connectivity index (χ0v) is 24.9. The maximum atomic E-state index is 13.7. The molecule has 2 aromatic heterocycles. The number of likely N-dealkylation sites (N-methyl/N-ethyl adjacent to an activating group) is 1. The summed E-state index contributed by atoms with van der Waals surface area (Å²) in [6.07, 6.45) is 6.35. The molecule has 0 saturated carbocycles. The van der Waals surface area contributed by atoms with Gasteiger partial charge in [0.1, 0.15) is 5.65 Å². The number of fused-ring (bicyclic) bond motifs is 1. The first-order chi connectivity index (χ1) is 19.4. The summed E-state index contributed by atoms with van der Waals surface area (Å²) in [5, 5.41) is 4.19. The Labute approximate surface area is 238 Å². The summed E-state index contributed by atoms with van der Waals surface area (Å²) in [5.74, 6) is 1.99. The molecule has 0 spiro atoms. The van der Waals surface area contributed by atoms with Gasteiger partial charge in [0.25, 0.3) is 5.56 Å². The van der Waals surface area contributed by atoms with E-state index in [4.69, 9.17) is 9.98 Å². The van der Waals surface area contributed by atoms with Crippen molar-refractivity contribution in [1.82, 2.24) is 24.3 Å². The van der Waals surface area contributed by atoms with E-state index >= 15 is 0 Å². The number of rotatable bonds is 6. The predicted molar refractivity (Wildman–Crippen MR) is 169 cm³/mol. The number of nitrogens with zero attached hydrogens (tertiary/aromatic N) is 7. The minimum atomic E-state index is -0.0753. The molecule has 10 heteroatoms. The van der Waals surface area contributed by atoms with Gasteiger partial charge in [-0.2, -0.15) is 15.5 Å². The van der Waals surface area contributed by atoms with E-state index < -0.39 is 0 Å². The molecule has 3 aliphatic heterocycles. The number of pyridine rings is 1. The number of hydrogen-bond donors (Lipinski definition) is 1. The summed E-state index contributed by atoms with van der Waals surface area (Å²) in [7, 11) is 4.28. The highest BCUT2D eigenvalue weighted by Gasteiger charge is 2.27. The third-order valence-electron chi connectivity index (χ3n) is 8.49. The molecule has 0 radical (unpaired) electrons. The quantitative estimate of drug-likeness (QED) is 0.463. The van der Waals surface area contributed by atoms with Gasteiger partial charge in [-0.15, -0.1) is 0 Å². The molecule has 212 valence electrons. The second kappa shape index (κ2) is 11.4. The van der Waals surface area contributed by atoms with E-state index in [1.807, 2.05) is 19.2 Å². The van der Waals surface area contributed by atoms with E-state index in [9.17, 15) is 4.79 Å². The Kier molecular flexibility index (Phi) is 7.74. The summed E-state index contributed by atoms with van der Waals surface area (Å²) >= 11 is 0. The minimum Gasteiger partial charge on any atom is -0.369 e. The SMILES string of the molecule is CCn1c(=O)c(C2=S(C)CC(C3CCN(C)CC3)=N2)cc2cnc(Nc3ccc(N4CCN(C)CC4)cc3)nc21. The molecule has 0 amide bonds. The zero-order chi connectivity index (χ0) is 27.8. The van der Waals surface area contributed by atoms with Crippen molar-refractivity contribution in [3.8, 4) is 0 Å². The lowest BCUT2D eigenvalue weighted by Crippen LogP contribution is -2.44. The van der Waals surface area contributed by atoms with Gasteiger partial charge >= 0.3 is 0 Å². The highest BCUT2D eigenvalue weighted by atomic mass is 32.2.